The lowest BCUT2D eigenvalue weighted by molar-refractivity contribution is 0.0499. The van der Waals surface area contributed by atoms with Crippen molar-refractivity contribution in [3.63, 3.8) is 0 Å². The molecule has 2 heteroatoms. The molecule has 0 atom stereocenters. The fourth-order valence-electron chi connectivity index (χ4n) is 2.72. The van der Waals surface area contributed by atoms with Gasteiger partial charge in [0.15, 0.2) is 0 Å². The summed E-state index contributed by atoms with van der Waals surface area (Å²) in [4.78, 5) is 11.8. The van der Waals surface area contributed by atoms with Crippen molar-refractivity contribution < 1.29 is 9.53 Å². The molecule has 2 rings (SSSR count). The summed E-state index contributed by atoms with van der Waals surface area (Å²) in [6.45, 7) is 2.62. The van der Waals surface area contributed by atoms with E-state index in [2.05, 4.69) is 19.1 Å². The molecule has 0 heterocycles. The van der Waals surface area contributed by atoms with Crippen molar-refractivity contribution in [1.82, 2.24) is 0 Å². The Balaban J connectivity index is 1.91. The van der Waals surface area contributed by atoms with E-state index in [0.29, 0.717) is 18.1 Å². The topological polar surface area (TPSA) is 26.3 Å². The van der Waals surface area contributed by atoms with Crippen molar-refractivity contribution in [3.8, 4) is 0 Å². The highest BCUT2D eigenvalue weighted by molar-refractivity contribution is 5.89. The third-order valence-electron chi connectivity index (χ3n) is 3.95. The van der Waals surface area contributed by atoms with E-state index in [1.807, 2.05) is 12.1 Å². The highest BCUT2D eigenvalue weighted by atomic mass is 16.5. The number of rotatable bonds is 5. The average Bonchev–Trinajstić information content (AvgIpc) is 2.48. The summed E-state index contributed by atoms with van der Waals surface area (Å²) in [5.41, 5.74) is 2.06. The number of unbranched alkanes of at least 4 members (excludes halogenated alkanes) is 1. The zero-order valence-electron chi connectivity index (χ0n) is 11.9. The molecule has 0 saturated heterocycles. The standard InChI is InChI=1S/C17H24O2/c1-2-3-13-19-17(18)16-11-9-15(10-12-16)14-7-5-4-6-8-14/h9-12,14H,2-8,13H2,1H3. The minimum atomic E-state index is -0.191. The molecular formula is C17H24O2. The summed E-state index contributed by atoms with van der Waals surface area (Å²) in [6.07, 6.45) is 8.62. The number of hydrogen-bond donors (Lipinski definition) is 0. The summed E-state index contributed by atoms with van der Waals surface area (Å²) in [5.74, 6) is 0.502. The van der Waals surface area contributed by atoms with Crippen LogP contribution in [-0.4, -0.2) is 12.6 Å². The molecule has 0 unspecified atom stereocenters. The molecule has 0 aliphatic heterocycles. The zero-order chi connectivity index (χ0) is 13.5. The van der Waals surface area contributed by atoms with Crippen LogP contribution in [0.5, 0.6) is 0 Å². The van der Waals surface area contributed by atoms with E-state index in [9.17, 15) is 4.79 Å². The molecule has 1 aliphatic carbocycles. The van der Waals surface area contributed by atoms with Crippen LogP contribution < -0.4 is 0 Å². The third kappa shape index (κ3) is 4.09. The predicted molar refractivity (Wildman–Crippen MR) is 77.5 cm³/mol. The molecule has 0 amide bonds. The molecule has 0 radical (unpaired) electrons. The molecule has 1 aromatic rings. The molecular weight excluding hydrogens is 236 g/mol. The first kappa shape index (κ1) is 14.1. The van der Waals surface area contributed by atoms with Gasteiger partial charge in [0.1, 0.15) is 0 Å². The number of hydrogen-bond acceptors (Lipinski definition) is 2. The first-order chi connectivity index (χ1) is 9.31. The maximum atomic E-state index is 11.8. The monoisotopic (exact) mass is 260 g/mol. The van der Waals surface area contributed by atoms with Crippen molar-refractivity contribution in [1.29, 1.82) is 0 Å². The Morgan fingerprint density at radius 3 is 2.47 bits per heavy atom. The van der Waals surface area contributed by atoms with Crippen LogP contribution in [0.25, 0.3) is 0 Å². The normalized spacial score (nSPS) is 16.3. The van der Waals surface area contributed by atoms with Crippen LogP contribution in [0.2, 0.25) is 0 Å². The van der Waals surface area contributed by atoms with Crippen LogP contribution >= 0.6 is 0 Å². The molecule has 0 bridgehead atoms. The van der Waals surface area contributed by atoms with Crippen LogP contribution in [-0.2, 0) is 4.74 Å². The van der Waals surface area contributed by atoms with Gasteiger partial charge in [0.25, 0.3) is 0 Å². The maximum Gasteiger partial charge on any atom is 0.338 e. The number of benzene rings is 1. The molecule has 1 aliphatic rings. The first-order valence-corrected chi connectivity index (χ1v) is 7.58. The Kier molecular flexibility index (Phi) is 5.44. The Bertz CT molecular complexity index is 388. The number of esters is 1. The third-order valence-corrected chi connectivity index (χ3v) is 3.95. The second kappa shape index (κ2) is 7.32. The molecule has 2 nitrogen and oxygen atoms in total. The molecule has 1 saturated carbocycles. The van der Waals surface area contributed by atoms with Crippen molar-refractivity contribution >= 4 is 5.97 Å². The van der Waals surface area contributed by atoms with Gasteiger partial charge >= 0.3 is 5.97 Å². The van der Waals surface area contributed by atoms with E-state index in [-0.39, 0.29) is 5.97 Å². The predicted octanol–water partition coefficient (Wildman–Crippen LogP) is 4.69. The second-order valence-electron chi connectivity index (χ2n) is 5.45. The van der Waals surface area contributed by atoms with E-state index >= 15 is 0 Å². The number of carbonyl (C=O) groups is 1. The van der Waals surface area contributed by atoms with Gasteiger partial charge in [0, 0.05) is 0 Å². The van der Waals surface area contributed by atoms with E-state index in [1.54, 1.807) is 0 Å². The van der Waals surface area contributed by atoms with Crippen molar-refractivity contribution in [2.45, 2.75) is 57.8 Å². The van der Waals surface area contributed by atoms with Crippen LogP contribution in [0, 0.1) is 0 Å². The summed E-state index contributed by atoms with van der Waals surface area (Å²) in [5, 5.41) is 0. The van der Waals surface area contributed by atoms with E-state index in [1.165, 1.54) is 37.7 Å². The quantitative estimate of drug-likeness (QED) is 0.567. The van der Waals surface area contributed by atoms with Crippen LogP contribution in [0.3, 0.4) is 0 Å². The van der Waals surface area contributed by atoms with Crippen LogP contribution in [0.1, 0.15) is 73.7 Å². The largest absolute Gasteiger partial charge is 0.462 e. The van der Waals surface area contributed by atoms with Gasteiger partial charge in [0.05, 0.1) is 12.2 Å². The lowest BCUT2D eigenvalue weighted by Gasteiger charge is -2.21. The van der Waals surface area contributed by atoms with Crippen molar-refractivity contribution in [3.05, 3.63) is 35.4 Å². The fourth-order valence-corrected chi connectivity index (χ4v) is 2.72. The van der Waals surface area contributed by atoms with Gasteiger partial charge < -0.3 is 4.74 Å². The SMILES string of the molecule is CCCCOC(=O)c1ccc(C2CCCCC2)cc1. The lowest BCUT2D eigenvalue weighted by atomic mass is 9.84. The van der Waals surface area contributed by atoms with Gasteiger partial charge in [-0.2, -0.15) is 0 Å². The molecule has 0 spiro atoms. The Morgan fingerprint density at radius 2 is 1.84 bits per heavy atom. The van der Waals surface area contributed by atoms with Gasteiger partial charge in [-0.1, -0.05) is 44.7 Å². The lowest BCUT2D eigenvalue weighted by Crippen LogP contribution is -2.08. The number of carbonyl (C=O) groups excluding carboxylic acids is 1. The molecule has 1 aromatic carbocycles. The van der Waals surface area contributed by atoms with Gasteiger partial charge in [-0.05, 0) is 42.9 Å². The molecule has 0 N–H and O–H groups in total. The molecule has 1 fully saturated rings. The smallest absolute Gasteiger partial charge is 0.338 e. The first-order valence-electron chi connectivity index (χ1n) is 7.58. The van der Waals surface area contributed by atoms with Crippen molar-refractivity contribution in [2.75, 3.05) is 6.61 Å². The van der Waals surface area contributed by atoms with Gasteiger partial charge in [0.2, 0.25) is 0 Å². The van der Waals surface area contributed by atoms with E-state index < -0.39 is 0 Å². The van der Waals surface area contributed by atoms with Gasteiger partial charge in [-0.15, -0.1) is 0 Å². The minimum Gasteiger partial charge on any atom is -0.462 e. The molecule has 104 valence electrons. The fraction of sp³-hybridized carbons (Fsp3) is 0.588. The highest BCUT2D eigenvalue weighted by Crippen LogP contribution is 2.32. The van der Waals surface area contributed by atoms with E-state index in [0.717, 1.165) is 12.8 Å². The summed E-state index contributed by atoms with van der Waals surface area (Å²) in [7, 11) is 0. The molecule has 0 aromatic heterocycles. The van der Waals surface area contributed by atoms with Crippen LogP contribution in [0.4, 0.5) is 0 Å². The van der Waals surface area contributed by atoms with E-state index in [4.69, 9.17) is 4.74 Å². The Hall–Kier alpha value is -1.31. The minimum absolute atomic E-state index is 0.191. The Morgan fingerprint density at radius 1 is 1.16 bits per heavy atom. The number of ether oxygens (including phenoxy) is 1. The highest BCUT2D eigenvalue weighted by Gasteiger charge is 2.16. The summed E-state index contributed by atoms with van der Waals surface area (Å²) in [6, 6.07) is 8.04. The van der Waals surface area contributed by atoms with Gasteiger partial charge in [-0.3, -0.25) is 0 Å². The van der Waals surface area contributed by atoms with Crippen LogP contribution in [0.15, 0.2) is 24.3 Å². The summed E-state index contributed by atoms with van der Waals surface area (Å²) < 4.78 is 5.21. The van der Waals surface area contributed by atoms with Crippen molar-refractivity contribution in [2.24, 2.45) is 0 Å². The average molecular weight is 260 g/mol. The summed E-state index contributed by atoms with van der Waals surface area (Å²) >= 11 is 0. The van der Waals surface area contributed by atoms with Gasteiger partial charge in [-0.25, -0.2) is 4.79 Å². The second-order valence-corrected chi connectivity index (χ2v) is 5.45. The molecule has 19 heavy (non-hydrogen) atoms. The Labute approximate surface area is 116 Å². The maximum absolute atomic E-state index is 11.8. The zero-order valence-corrected chi connectivity index (χ0v) is 11.9.